The minimum atomic E-state index is -3.35. The molecule has 0 saturated heterocycles. The lowest BCUT2D eigenvalue weighted by atomic mass is 10.1. The summed E-state index contributed by atoms with van der Waals surface area (Å²) in [6.45, 7) is -0.325. The summed E-state index contributed by atoms with van der Waals surface area (Å²) in [5.41, 5.74) is 0. The minimum Gasteiger partial charge on any atom is -0.297 e. The highest BCUT2D eigenvalue weighted by Crippen LogP contribution is 2.53. The second-order valence-electron chi connectivity index (χ2n) is 5.00. The van der Waals surface area contributed by atoms with E-state index in [9.17, 15) is 4.57 Å². The van der Waals surface area contributed by atoms with Crippen LogP contribution in [0.2, 0.25) is 0 Å². The second-order valence-corrected chi connectivity index (χ2v) is 8.07. The van der Waals surface area contributed by atoms with E-state index in [0.29, 0.717) is 13.2 Å². The number of halogens is 1. The lowest BCUT2D eigenvalue weighted by molar-refractivity contribution is 0.211. The van der Waals surface area contributed by atoms with Gasteiger partial charge in [0.15, 0.2) is 0 Å². The fourth-order valence-corrected chi connectivity index (χ4v) is 3.24. The largest absolute Gasteiger partial charge is 0.424 e. The van der Waals surface area contributed by atoms with Crippen molar-refractivity contribution in [3.05, 3.63) is 0 Å². The Labute approximate surface area is 134 Å². The van der Waals surface area contributed by atoms with Gasteiger partial charge < -0.3 is 0 Å². The molecule has 0 rings (SSSR count). The van der Waals surface area contributed by atoms with Crippen LogP contribution in [0.1, 0.15) is 71.1 Å². The van der Waals surface area contributed by atoms with Gasteiger partial charge in [-0.3, -0.25) is 9.05 Å². The first-order chi connectivity index (χ1) is 9.62. The highest BCUT2D eigenvalue weighted by Gasteiger charge is 2.19. The fourth-order valence-electron chi connectivity index (χ4n) is 1.83. The number of hydrogen-bond donors (Lipinski definition) is 1. The summed E-state index contributed by atoms with van der Waals surface area (Å²) in [6, 6.07) is 0. The molecule has 0 aliphatic carbocycles. The summed E-state index contributed by atoms with van der Waals surface area (Å²) >= 11 is 9.89. The Morgan fingerprint density at radius 3 is 1.80 bits per heavy atom. The van der Waals surface area contributed by atoms with Gasteiger partial charge in [-0.2, -0.15) is 12.6 Å². The van der Waals surface area contributed by atoms with Crippen LogP contribution in [0.25, 0.3) is 0 Å². The van der Waals surface area contributed by atoms with Crippen LogP contribution >= 0.6 is 30.8 Å². The first-order valence-corrected chi connectivity index (χ1v) is 10.9. The molecule has 0 aliphatic heterocycles. The van der Waals surface area contributed by atoms with Crippen LogP contribution < -0.4 is 0 Å². The Hall–Kier alpha value is 0.790. The number of hydrogen-bond acceptors (Lipinski definition) is 4. The molecule has 6 heteroatoms. The smallest absolute Gasteiger partial charge is 0.297 e. The first kappa shape index (κ1) is 20.8. The van der Waals surface area contributed by atoms with Crippen LogP contribution in [-0.4, -0.2) is 19.0 Å². The summed E-state index contributed by atoms with van der Waals surface area (Å²) in [5, 5.41) is 0. The Balaban J connectivity index is 3.38. The summed E-state index contributed by atoms with van der Waals surface area (Å²) < 4.78 is 22.0. The van der Waals surface area contributed by atoms with E-state index in [1.165, 1.54) is 25.7 Å². The standard InChI is InChI=1S/C14H30ClO3PS/c1-2-3-4-5-6-9-12-17-19(15,16)18-13-10-7-8-11-14-20/h20H,2-14H2,1H3. The molecule has 0 saturated carbocycles. The van der Waals surface area contributed by atoms with E-state index in [-0.39, 0.29) is 0 Å². The van der Waals surface area contributed by atoms with Gasteiger partial charge in [0.25, 0.3) is 0 Å². The molecule has 0 radical (unpaired) electrons. The maximum Gasteiger partial charge on any atom is 0.424 e. The van der Waals surface area contributed by atoms with E-state index < -0.39 is 6.95 Å². The molecule has 0 spiro atoms. The molecule has 1 unspecified atom stereocenters. The van der Waals surface area contributed by atoms with Crippen molar-refractivity contribution in [2.45, 2.75) is 71.1 Å². The van der Waals surface area contributed by atoms with Crippen molar-refractivity contribution in [1.29, 1.82) is 0 Å². The molecule has 122 valence electrons. The third kappa shape index (κ3) is 15.2. The highest BCUT2D eigenvalue weighted by molar-refractivity contribution is 7.81. The van der Waals surface area contributed by atoms with E-state index in [1.807, 2.05) is 0 Å². The summed E-state index contributed by atoms with van der Waals surface area (Å²) in [7, 11) is 0. The van der Waals surface area contributed by atoms with Crippen LogP contribution in [0.15, 0.2) is 0 Å². The van der Waals surface area contributed by atoms with Gasteiger partial charge in [-0.05, 0) is 25.0 Å². The van der Waals surface area contributed by atoms with Crippen LogP contribution in [0, 0.1) is 0 Å². The molecule has 0 aliphatic rings. The van der Waals surface area contributed by atoms with Gasteiger partial charge in [0, 0.05) is 11.2 Å². The van der Waals surface area contributed by atoms with Crippen molar-refractivity contribution in [3.63, 3.8) is 0 Å². The Kier molecular flexibility index (Phi) is 15.3. The monoisotopic (exact) mass is 344 g/mol. The van der Waals surface area contributed by atoms with Crippen molar-refractivity contribution >= 4 is 30.8 Å². The molecular weight excluding hydrogens is 315 g/mol. The first-order valence-electron chi connectivity index (χ1n) is 7.82. The highest BCUT2D eigenvalue weighted by atomic mass is 35.7. The van der Waals surface area contributed by atoms with Crippen molar-refractivity contribution < 1.29 is 13.6 Å². The normalized spacial score (nSPS) is 14.3. The van der Waals surface area contributed by atoms with Gasteiger partial charge in [-0.15, -0.1) is 0 Å². The summed E-state index contributed by atoms with van der Waals surface area (Å²) in [6.07, 6.45) is 11.1. The van der Waals surface area contributed by atoms with Crippen LogP contribution in [0.4, 0.5) is 0 Å². The van der Waals surface area contributed by atoms with Crippen LogP contribution in [-0.2, 0) is 13.6 Å². The molecule has 0 aromatic carbocycles. The number of thiol groups is 1. The Bertz CT molecular complexity index is 255. The third-order valence-electron chi connectivity index (χ3n) is 3.04. The molecule has 0 bridgehead atoms. The molecule has 0 fully saturated rings. The Morgan fingerprint density at radius 1 is 0.850 bits per heavy atom. The molecule has 0 amide bonds. The van der Waals surface area contributed by atoms with E-state index in [4.69, 9.17) is 20.3 Å². The van der Waals surface area contributed by atoms with Crippen molar-refractivity contribution in [1.82, 2.24) is 0 Å². The predicted molar refractivity (Wildman–Crippen MR) is 91.1 cm³/mol. The average molecular weight is 345 g/mol. The zero-order valence-electron chi connectivity index (χ0n) is 12.7. The van der Waals surface area contributed by atoms with Gasteiger partial charge in [0.2, 0.25) is 0 Å². The summed E-state index contributed by atoms with van der Waals surface area (Å²) in [4.78, 5) is 0. The fraction of sp³-hybridized carbons (Fsp3) is 1.00. The third-order valence-corrected chi connectivity index (χ3v) is 4.93. The Morgan fingerprint density at radius 2 is 1.30 bits per heavy atom. The van der Waals surface area contributed by atoms with Crippen LogP contribution in [0.5, 0.6) is 0 Å². The lowest BCUT2D eigenvalue weighted by Gasteiger charge is -2.11. The second kappa shape index (κ2) is 14.7. The van der Waals surface area contributed by atoms with Gasteiger partial charge in [-0.25, -0.2) is 4.57 Å². The van der Waals surface area contributed by atoms with E-state index in [2.05, 4.69) is 19.6 Å². The molecule has 1 atom stereocenters. The topological polar surface area (TPSA) is 35.5 Å². The molecular formula is C14H30ClO3PS. The number of rotatable bonds is 15. The van der Waals surface area contributed by atoms with Crippen molar-refractivity contribution in [3.8, 4) is 0 Å². The van der Waals surface area contributed by atoms with E-state index in [0.717, 1.165) is 44.3 Å². The quantitative estimate of drug-likeness (QED) is 0.218. The molecule has 20 heavy (non-hydrogen) atoms. The van der Waals surface area contributed by atoms with E-state index in [1.54, 1.807) is 0 Å². The average Bonchev–Trinajstić information content (AvgIpc) is 2.41. The van der Waals surface area contributed by atoms with Gasteiger partial charge in [0.1, 0.15) is 0 Å². The lowest BCUT2D eigenvalue weighted by Crippen LogP contribution is -1.96. The zero-order chi connectivity index (χ0) is 15.1. The SMILES string of the molecule is CCCCCCCCOP(=O)(Cl)OCCCCCCS. The van der Waals surface area contributed by atoms with Gasteiger partial charge in [0.05, 0.1) is 13.2 Å². The van der Waals surface area contributed by atoms with Crippen LogP contribution in [0.3, 0.4) is 0 Å². The summed E-state index contributed by atoms with van der Waals surface area (Å²) in [5.74, 6) is 0.913. The zero-order valence-corrected chi connectivity index (χ0v) is 15.2. The maximum atomic E-state index is 11.7. The molecule has 0 aromatic heterocycles. The van der Waals surface area contributed by atoms with E-state index >= 15 is 0 Å². The maximum absolute atomic E-state index is 11.7. The molecule has 0 aromatic rings. The van der Waals surface area contributed by atoms with Gasteiger partial charge >= 0.3 is 6.95 Å². The van der Waals surface area contributed by atoms with Gasteiger partial charge in [-0.1, -0.05) is 51.9 Å². The van der Waals surface area contributed by atoms with Crippen molar-refractivity contribution in [2.75, 3.05) is 19.0 Å². The minimum absolute atomic E-state index is 0.407. The number of unbranched alkanes of at least 4 members (excludes halogenated alkanes) is 8. The predicted octanol–water partition coefficient (Wildman–Crippen LogP) is 6.22. The van der Waals surface area contributed by atoms with Crippen molar-refractivity contribution in [2.24, 2.45) is 0 Å². The molecule has 0 heterocycles. The molecule has 0 N–H and O–H groups in total. The molecule has 3 nitrogen and oxygen atoms in total.